The average molecular weight is 494 g/mol. The van der Waals surface area contributed by atoms with Crippen molar-refractivity contribution in [2.45, 2.75) is 52.2 Å². The Labute approximate surface area is 201 Å². The topological polar surface area (TPSA) is 86.8 Å². The molecule has 0 aliphatic carbocycles. The molecule has 0 aliphatic heterocycles. The van der Waals surface area contributed by atoms with Crippen LogP contribution in [0.3, 0.4) is 0 Å². The number of anilines is 1. The van der Waals surface area contributed by atoms with Crippen LogP contribution in [0.15, 0.2) is 54.6 Å². The van der Waals surface area contributed by atoms with E-state index >= 15 is 0 Å². The van der Waals surface area contributed by atoms with Crippen molar-refractivity contribution in [3.8, 4) is 0 Å². The minimum absolute atomic E-state index is 0.0451. The van der Waals surface area contributed by atoms with Gasteiger partial charge in [0.1, 0.15) is 6.04 Å². The van der Waals surface area contributed by atoms with Crippen LogP contribution in [-0.2, 0) is 26.2 Å². The Balaban J connectivity index is 2.13. The van der Waals surface area contributed by atoms with E-state index in [1.54, 1.807) is 36.1 Å². The molecule has 180 valence electrons. The normalized spacial score (nSPS) is 12.3. The summed E-state index contributed by atoms with van der Waals surface area (Å²) in [5.74, 6) is -0.442. The zero-order valence-corrected chi connectivity index (χ0v) is 21.1. The van der Waals surface area contributed by atoms with E-state index in [2.05, 4.69) is 5.32 Å². The SMILES string of the molecule is CC(C)NC(=O)[C@H](C)N(Cc1ccccc1)C(=O)CCCN(c1ccc(Cl)cc1)S(C)(=O)=O. The van der Waals surface area contributed by atoms with Crippen molar-refractivity contribution >= 4 is 39.1 Å². The summed E-state index contributed by atoms with van der Waals surface area (Å²) in [5.41, 5.74) is 1.40. The van der Waals surface area contributed by atoms with Gasteiger partial charge in [-0.1, -0.05) is 41.9 Å². The number of rotatable bonds is 11. The smallest absolute Gasteiger partial charge is 0.242 e. The quantitative estimate of drug-likeness (QED) is 0.515. The summed E-state index contributed by atoms with van der Waals surface area (Å²) in [7, 11) is -3.54. The lowest BCUT2D eigenvalue weighted by molar-refractivity contribution is -0.140. The first-order chi connectivity index (χ1) is 15.5. The zero-order valence-electron chi connectivity index (χ0n) is 19.5. The molecule has 0 spiro atoms. The van der Waals surface area contributed by atoms with Gasteiger partial charge in [0.2, 0.25) is 21.8 Å². The summed E-state index contributed by atoms with van der Waals surface area (Å²) in [6.07, 6.45) is 1.54. The van der Waals surface area contributed by atoms with Crippen molar-refractivity contribution in [3.63, 3.8) is 0 Å². The van der Waals surface area contributed by atoms with E-state index in [1.165, 1.54) is 4.31 Å². The molecule has 2 amide bonds. The second kappa shape index (κ2) is 12.0. The number of carbonyl (C=O) groups is 2. The van der Waals surface area contributed by atoms with Gasteiger partial charge in [0, 0.05) is 30.6 Å². The number of halogens is 1. The number of hydrogen-bond acceptors (Lipinski definition) is 4. The van der Waals surface area contributed by atoms with Gasteiger partial charge in [-0.25, -0.2) is 8.42 Å². The molecule has 1 atom stereocenters. The van der Waals surface area contributed by atoms with Gasteiger partial charge in [-0.2, -0.15) is 0 Å². The number of hydrogen-bond donors (Lipinski definition) is 1. The van der Waals surface area contributed by atoms with Gasteiger partial charge in [-0.15, -0.1) is 0 Å². The van der Waals surface area contributed by atoms with Gasteiger partial charge in [-0.05, 0) is 57.0 Å². The van der Waals surface area contributed by atoms with Crippen molar-refractivity contribution in [2.24, 2.45) is 0 Å². The molecule has 0 unspecified atom stereocenters. The zero-order chi connectivity index (χ0) is 24.6. The lowest BCUT2D eigenvalue weighted by Gasteiger charge is -2.30. The van der Waals surface area contributed by atoms with E-state index in [0.717, 1.165) is 11.8 Å². The fourth-order valence-corrected chi connectivity index (χ4v) is 4.47. The Morgan fingerprint density at radius 2 is 1.61 bits per heavy atom. The second-order valence-electron chi connectivity index (χ2n) is 8.26. The Hall–Kier alpha value is -2.58. The molecule has 0 saturated carbocycles. The highest BCUT2D eigenvalue weighted by Crippen LogP contribution is 2.21. The van der Waals surface area contributed by atoms with Crippen molar-refractivity contribution in [1.82, 2.24) is 10.2 Å². The number of carbonyl (C=O) groups excluding carboxylic acids is 2. The lowest BCUT2D eigenvalue weighted by atomic mass is 10.1. The van der Waals surface area contributed by atoms with E-state index in [4.69, 9.17) is 11.6 Å². The Morgan fingerprint density at radius 1 is 1.00 bits per heavy atom. The Bertz CT molecular complexity index is 1030. The average Bonchev–Trinajstić information content (AvgIpc) is 2.74. The fraction of sp³-hybridized carbons (Fsp3) is 0.417. The highest BCUT2D eigenvalue weighted by atomic mass is 35.5. The Kier molecular flexibility index (Phi) is 9.73. The molecule has 2 aromatic carbocycles. The van der Waals surface area contributed by atoms with E-state index in [9.17, 15) is 18.0 Å². The van der Waals surface area contributed by atoms with Gasteiger partial charge in [0.05, 0.1) is 11.9 Å². The van der Waals surface area contributed by atoms with Crippen LogP contribution in [0.25, 0.3) is 0 Å². The molecule has 0 heterocycles. The van der Waals surface area contributed by atoms with E-state index in [0.29, 0.717) is 23.7 Å². The first kappa shape index (κ1) is 26.7. The molecular weight excluding hydrogens is 462 g/mol. The third-order valence-electron chi connectivity index (χ3n) is 5.06. The minimum atomic E-state index is -3.54. The first-order valence-corrected chi connectivity index (χ1v) is 13.1. The summed E-state index contributed by atoms with van der Waals surface area (Å²) in [5, 5.41) is 3.36. The van der Waals surface area contributed by atoms with Crippen LogP contribution in [0.4, 0.5) is 5.69 Å². The predicted octanol–water partition coefficient (Wildman–Crippen LogP) is 3.83. The molecular formula is C24H32ClN3O4S. The maximum absolute atomic E-state index is 13.2. The van der Waals surface area contributed by atoms with E-state index in [-0.39, 0.29) is 30.8 Å². The lowest BCUT2D eigenvalue weighted by Crippen LogP contribution is -2.49. The number of amides is 2. The number of nitrogens with one attached hydrogen (secondary N) is 1. The molecule has 2 rings (SSSR count). The number of benzene rings is 2. The summed E-state index contributed by atoms with van der Waals surface area (Å²) in [4.78, 5) is 27.3. The molecule has 0 saturated heterocycles. The Morgan fingerprint density at radius 3 is 2.15 bits per heavy atom. The summed E-state index contributed by atoms with van der Waals surface area (Å²) >= 11 is 5.91. The highest BCUT2D eigenvalue weighted by Gasteiger charge is 2.27. The fourth-order valence-electron chi connectivity index (χ4n) is 3.38. The molecule has 0 aliphatic rings. The molecule has 0 bridgehead atoms. The van der Waals surface area contributed by atoms with Gasteiger partial charge >= 0.3 is 0 Å². The van der Waals surface area contributed by atoms with Crippen LogP contribution in [0, 0.1) is 0 Å². The molecule has 33 heavy (non-hydrogen) atoms. The van der Waals surface area contributed by atoms with Gasteiger partial charge < -0.3 is 10.2 Å². The van der Waals surface area contributed by atoms with Gasteiger partial charge in [0.25, 0.3) is 0 Å². The van der Waals surface area contributed by atoms with Crippen molar-refractivity contribution in [1.29, 1.82) is 0 Å². The highest BCUT2D eigenvalue weighted by molar-refractivity contribution is 7.92. The number of sulfonamides is 1. The van der Waals surface area contributed by atoms with Gasteiger partial charge in [0.15, 0.2) is 0 Å². The molecule has 7 nitrogen and oxygen atoms in total. The first-order valence-electron chi connectivity index (χ1n) is 10.9. The molecule has 1 N–H and O–H groups in total. The van der Waals surface area contributed by atoms with E-state index in [1.807, 2.05) is 44.2 Å². The van der Waals surface area contributed by atoms with Crippen LogP contribution in [-0.4, -0.2) is 50.0 Å². The summed E-state index contributed by atoms with van der Waals surface area (Å²) < 4.78 is 25.9. The van der Waals surface area contributed by atoms with Crippen molar-refractivity contribution < 1.29 is 18.0 Å². The molecule has 0 aromatic heterocycles. The summed E-state index contributed by atoms with van der Waals surface area (Å²) in [6, 6.07) is 15.3. The second-order valence-corrected chi connectivity index (χ2v) is 10.6. The monoisotopic (exact) mass is 493 g/mol. The van der Waals surface area contributed by atoms with Crippen molar-refractivity contribution in [2.75, 3.05) is 17.1 Å². The van der Waals surface area contributed by atoms with Crippen LogP contribution >= 0.6 is 11.6 Å². The maximum Gasteiger partial charge on any atom is 0.242 e. The molecule has 0 radical (unpaired) electrons. The van der Waals surface area contributed by atoms with Crippen molar-refractivity contribution in [3.05, 3.63) is 65.2 Å². The van der Waals surface area contributed by atoms with Gasteiger partial charge in [-0.3, -0.25) is 13.9 Å². The minimum Gasteiger partial charge on any atom is -0.352 e. The molecule has 0 fully saturated rings. The largest absolute Gasteiger partial charge is 0.352 e. The number of nitrogens with zero attached hydrogens (tertiary/aromatic N) is 2. The third-order valence-corrected chi connectivity index (χ3v) is 6.51. The third kappa shape index (κ3) is 8.37. The maximum atomic E-state index is 13.2. The van der Waals surface area contributed by atoms with Crippen LogP contribution in [0.1, 0.15) is 39.2 Å². The van der Waals surface area contributed by atoms with E-state index < -0.39 is 16.1 Å². The van der Waals surface area contributed by atoms with Crippen LogP contribution in [0.2, 0.25) is 5.02 Å². The summed E-state index contributed by atoms with van der Waals surface area (Å²) in [6.45, 7) is 5.86. The van der Waals surface area contributed by atoms with Crippen LogP contribution in [0.5, 0.6) is 0 Å². The standard InChI is InChI=1S/C24H32ClN3O4S/c1-18(2)26-24(30)19(3)27(17-20-9-6-5-7-10-20)23(29)11-8-16-28(33(4,31)32)22-14-12-21(25)13-15-22/h5-7,9-10,12-15,18-19H,8,11,16-17H2,1-4H3,(H,26,30)/t19-/m0/s1. The molecule has 9 heteroatoms. The predicted molar refractivity (Wildman–Crippen MR) is 133 cm³/mol. The van der Waals surface area contributed by atoms with Crippen LogP contribution < -0.4 is 9.62 Å². The molecule has 2 aromatic rings.